The van der Waals surface area contributed by atoms with Crippen LogP contribution in [0.4, 0.5) is 0 Å². The molecule has 2 atom stereocenters. The number of rotatable bonds is 6. The van der Waals surface area contributed by atoms with Gasteiger partial charge in [-0.1, -0.05) is 54.6 Å². The van der Waals surface area contributed by atoms with Gasteiger partial charge in [-0.25, -0.2) is 4.79 Å². The Balaban J connectivity index is 1.67. The molecule has 6 nitrogen and oxygen atoms in total. The van der Waals surface area contributed by atoms with Gasteiger partial charge in [0.05, 0.1) is 6.04 Å². The minimum absolute atomic E-state index is 0.0173. The number of amides is 2. The molecule has 1 aliphatic rings. The average molecular weight is 406 g/mol. The molecule has 0 saturated heterocycles. The van der Waals surface area contributed by atoms with Crippen LogP contribution in [0.3, 0.4) is 0 Å². The van der Waals surface area contributed by atoms with Crippen LogP contribution in [-0.4, -0.2) is 23.9 Å². The summed E-state index contributed by atoms with van der Waals surface area (Å²) in [6.07, 6.45) is 3.35. The van der Waals surface area contributed by atoms with Gasteiger partial charge in [0, 0.05) is 6.92 Å². The van der Waals surface area contributed by atoms with E-state index >= 15 is 0 Å². The van der Waals surface area contributed by atoms with Crippen LogP contribution in [0.1, 0.15) is 49.4 Å². The van der Waals surface area contributed by atoms with Gasteiger partial charge in [-0.3, -0.25) is 9.59 Å². The van der Waals surface area contributed by atoms with Gasteiger partial charge in [0.15, 0.2) is 6.10 Å². The largest absolute Gasteiger partial charge is 0.448 e. The molecule has 0 spiro atoms. The summed E-state index contributed by atoms with van der Waals surface area (Å²) in [6.45, 7) is 2.83. The molecule has 0 radical (unpaired) electrons. The van der Waals surface area contributed by atoms with Crippen LogP contribution < -0.4 is 10.6 Å². The zero-order valence-corrected chi connectivity index (χ0v) is 17.2. The number of hydrogen-bond acceptors (Lipinski definition) is 4. The van der Waals surface area contributed by atoms with Crippen molar-refractivity contribution in [1.82, 2.24) is 10.6 Å². The topological polar surface area (TPSA) is 84.5 Å². The predicted octanol–water partition coefficient (Wildman–Crippen LogP) is 3.29. The van der Waals surface area contributed by atoms with Crippen molar-refractivity contribution < 1.29 is 19.1 Å². The van der Waals surface area contributed by atoms with Crippen molar-refractivity contribution in [2.45, 2.75) is 45.3 Å². The minimum Gasteiger partial charge on any atom is -0.448 e. The number of ether oxygens (including phenoxy) is 1. The van der Waals surface area contributed by atoms with Crippen LogP contribution in [0.5, 0.6) is 0 Å². The molecule has 2 aromatic carbocycles. The fourth-order valence-corrected chi connectivity index (χ4v) is 3.52. The molecular formula is C24H26N2O4. The van der Waals surface area contributed by atoms with Crippen molar-refractivity contribution in [3.8, 4) is 0 Å². The van der Waals surface area contributed by atoms with E-state index in [1.54, 1.807) is 12.1 Å². The number of hydrogen-bond donors (Lipinski definition) is 2. The van der Waals surface area contributed by atoms with Crippen molar-refractivity contribution in [3.05, 3.63) is 77.0 Å². The molecule has 0 heterocycles. The Kier molecular flexibility index (Phi) is 7.01. The van der Waals surface area contributed by atoms with E-state index in [0.717, 1.165) is 30.4 Å². The molecule has 0 aromatic heterocycles. The number of fused-ring (bicyclic) bond motifs is 1. The third-order valence-corrected chi connectivity index (χ3v) is 4.98. The highest BCUT2D eigenvalue weighted by Gasteiger charge is 2.26. The van der Waals surface area contributed by atoms with Crippen LogP contribution >= 0.6 is 0 Å². The highest BCUT2D eigenvalue weighted by Crippen LogP contribution is 2.29. The lowest BCUT2D eigenvalue weighted by Crippen LogP contribution is -2.40. The first kappa shape index (κ1) is 21.3. The molecule has 2 N–H and O–H groups in total. The number of benzene rings is 2. The fourth-order valence-electron chi connectivity index (χ4n) is 3.52. The van der Waals surface area contributed by atoms with Crippen LogP contribution in [0.2, 0.25) is 0 Å². The second kappa shape index (κ2) is 9.87. The smallest absolute Gasteiger partial charge is 0.355 e. The summed E-state index contributed by atoms with van der Waals surface area (Å²) >= 11 is 0. The molecular weight excluding hydrogens is 380 g/mol. The Labute approximate surface area is 176 Å². The van der Waals surface area contributed by atoms with Crippen molar-refractivity contribution in [1.29, 1.82) is 0 Å². The molecule has 0 fully saturated rings. The standard InChI is InChI=1S/C24H26N2O4/c1-16(23(28)26-21-14-8-12-19-11-6-7-13-20(19)21)30-24(29)22(25-17(2)27)15-18-9-4-3-5-10-18/h3-7,9-11,13,15-16,21H,8,12,14H2,1-2H3,(H,25,27)(H,26,28)/b22-15-/t16-,21+/m0/s1. The molecule has 0 bridgehead atoms. The summed E-state index contributed by atoms with van der Waals surface area (Å²) in [5.74, 6) is -1.53. The lowest BCUT2D eigenvalue weighted by atomic mass is 9.87. The van der Waals surface area contributed by atoms with E-state index in [1.807, 2.05) is 36.4 Å². The van der Waals surface area contributed by atoms with E-state index in [4.69, 9.17) is 4.74 Å². The van der Waals surface area contributed by atoms with Crippen LogP contribution in [0.15, 0.2) is 60.3 Å². The van der Waals surface area contributed by atoms with Crippen molar-refractivity contribution in [3.63, 3.8) is 0 Å². The quantitative estimate of drug-likeness (QED) is 0.570. The van der Waals surface area contributed by atoms with Crippen LogP contribution in [0.25, 0.3) is 6.08 Å². The van der Waals surface area contributed by atoms with Crippen LogP contribution in [-0.2, 0) is 25.5 Å². The van der Waals surface area contributed by atoms with Crippen molar-refractivity contribution >= 4 is 23.9 Å². The monoisotopic (exact) mass is 406 g/mol. The summed E-state index contributed by atoms with van der Waals surface area (Å²) in [7, 11) is 0. The number of aryl methyl sites for hydroxylation is 1. The van der Waals surface area contributed by atoms with Gasteiger partial charge in [0.25, 0.3) is 5.91 Å². The molecule has 0 saturated carbocycles. The Morgan fingerprint density at radius 3 is 2.50 bits per heavy atom. The van der Waals surface area contributed by atoms with Gasteiger partial charge in [0.2, 0.25) is 5.91 Å². The SMILES string of the molecule is CC(=O)N/C(=C\c1ccccc1)C(=O)O[C@@H](C)C(=O)N[C@@H]1CCCc2ccccc21. The van der Waals surface area contributed by atoms with Gasteiger partial charge in [-0.2, -0.15) is 0 Å². The zero-order chi connectivity index (χ0) is 21.5. The molecule has 156 valence electrons. The highest BCUT2D eigenvalue weighted by molar-refractivity contribution is 5.98. The van der Waals surface area contributed by atoms with Crippen LogP contribution in [0, 0.1) is 0 Å². The number of carbonyl (C=O) groups is 3. The second-order valence-electron chi connectivity index (χ2n) is 7.35. The first-order valence-electron chi connectivity index (χ1n) is 10.1. The Bertz CT molecular complexity index is 953. The van der Waals surface area contributed by atoms with E-state index in [-0.39, 0.29) is 17.6 Å². The minimum atomic E-state index is -1.00. The van der Waals surface area contributed by atoms with E-state index in [9.17, 15) is 14.4 Å². The predicted molar refractivity (Wildman–Crippen MR) is 114 cm³/mol. The van der Waals surface area contributed by atoms with Gasteiger partial charge >= 0.3 is 5.97 Å². The molecule has 2 amide bonds. The average Bonchev–Trinajstić information content (AvgIpc) is 2.74. The van der Waals surface area contributed by atoms with Gasteiger partial charge in [0.1, 0.15) is 5.70 Å². The van der Waals surface area contributed by atoms with Gasteiger partial charge < -0.3 is 15.4 Å². The number of nitrogens with one attached hydrogen (secondary N) is 2. The third-order valence-electron chi connectivity index (χ3n) is 4.98. The Morgan fingerprint density at radius 1 is 1.07 bits per heavy atom. The van der Waals surface area contributed by atoms with Gasteiger partial charge in [-0.15, -0.1) is 0 Å². The van der Waals surface area contributed by atoms with E-state index < -0.39 is 18.0 Å². The number of esters is 1. The summed E-state index contributed by atoms with van der Waals surface area (Å²) in [6, 6.07) is 17.0. The molecule has 6 heteroatoms. The lowest BCUT2D eigenvalue weighted by molar-refractivity contribution is -0.152. The van der Waals surface area contributed by atoms with Crippen molar-refractivity contribution in [2.24, 2.45) is 0 Å². The molecule has 3 rings (SSSR count). The summed E-state index contributed by atoms with van der Waals surface area (Å²) in [5.41, 5.74) is 3.06. The third kappa shape index (κ3) is 5.56. The maximum absolute atomic E-state index is 12.7. The lowest BCUT2D eigenvalue weighted by Gasteiger charge is -2.27. The molecule has 0 aliphatic heterocycles. The second-order valence-corrected chi connectivity index (χ2v) is 7.35. The van der Waals surface area contributed by atoms with E-state index in [0.29, 0.717) is 0 Å². The van der Waals surface area contributed by atoms with E-state index in [2.05, 4.69) is 16.7 Å². The van der Waals surface area contributed by atoms with E-state index in [1.165, 1.54) is 25.5 Å². The Morgan fingerprint density at radius 2 is 1.77 bits per heavy atom. The first-order valence-corrected chi connectivity index (χ1v) is 10.1. The summed E-state index contributed by atoms with van der Waals surface area (Å²) < 4.78 is 5.34. The number of carbonyl (C=O) groups excluding carboxylic acids is 3. The normalized spacial score (nSPS) is 16.7. The highest BCUT2D eigenvalue weighted by atomic mass is 16.5. The summed E-state index contributed by atoms with van der Waals surface area (Å²) in [4.78, 5) is 36.8. The maximum Gasteiger partial charge on any atom is 0.355 e. The molecule has 0 unspecified atom stereocenters. The summed E-state index contributed by atoms with van der Waals surface area (Å²) in [5, 5.41) is 5.47. The fraction of sp³-hybridized carbons (Fsp3) is 0.292. The van der Waals surface area contributed by atoms with Gasteiger partial charge in [-0.05, 0) is 49.0 Å². The first-order chi connectivity index (χ1) is 14.4. The maximum atomic E-state index is 12.7. The Hall–Kier alpha value is -3.41. The zero-order valence-electron chi connectivity index (χ0n) is 17.2. The molecule has 2 aromatic rings. The molecule has 1 aliphatic carbocycles. The molecule has 30 heavy (non-hydrogen) atoms. The van der Waals surface area contributed by atoms with Crippen molar-refractivity contribution in [2.75, 3.05) is 0 Å².